The number of rotatable bonds is 8. The second kappa shape index (κ2) is 10.1. The Morgan fingerprint density at radius 1 is 0.966 bits per heavy atom. The number of hydrogen-bond donors (Lipinski definition) is 0. The van der Waals surface area contributed by atoms with Gasteiger partial charge in [-0.1, -0.05) is 38.8 Å². The molecule has 1 heterocycles. The predicted molar refractivity (Wildman–Crippen MR) is 108 cm³/mol. The second-order valence-electron chi connectivity index (χ2n) is 7.73. The van der Waals surface area contributed by atoms with E-state index in [1.807, 2.05) is 6.92 Å². The van der Waals surface area contributed by atoms with Crippen molar-refractivity contribution in [3.8, 4) is 16.9 Å². The van der Waals surface area contributed by atoms with Gasteiger partial charge in [0, 0.05) is 11.1 Å². The van der Waals surface area contributed by atoms with E-state index in [9.17, 15) is 13.2 Å². The van der Waals surface area contributed by atoms with Gasteiger partial charge < -0.3 is 9.47 Å². The molecule has 1 saturated heterocycles. The number of benzene rings is 2. The van der Waals surface area contributed by atoms with Crippen LogP contribution in [-0.2, 0) is 4.74 Å². The molecule has 0 aromatic heterocycles. The van der Waals surface area contributed by atoms with Gasteiger partial charge in [0.05, 0.1) is 19.3 Å². The van der Waals surface area contributed by atoms with Gasteiger partial charge in [0.1, 0.15) is 5.82 Å². The molecule has 5 heteroatoms. The molecule has 1 fully saturated rings. The van der Waals surface area contributed by atoms with Crippen LogP contribution in [0.4, 0.5) is 13.2 Å². The molecule has 0 N–H and O–H groups in total. The minimum Gasteiger partial charge on any atom is -0.490 e. The zero-order valence-corrected chi connectivity index (χ0v) is 17.1. The van der Waals surface area contributed by atoms with Crippen molar-refractivity contribution in [1.82, 2.24) is 0 Å². The van der Waals surface area contributed by atoms with Crippen LogP contribution in [0.3, 0.4) is 0 Å². The molecule has 2 unspecified atom stereocenters. The lowest BCUT2D eigenvalue weighted by molar-refractivity contribution is -0.0199. The topological polar surface area (TPSA) is 18.5 Å². The Kier molecular flexibility index (Phi) is 7.59. The number of unbranched alkanes of at least 4 members (excludes halogenated alkanes) is 1. The first kappa shape index (κ1) is 21.7. The summed E-state index contributed by atoms with van der Waals surface area (Å²) >= 11 is 0. The van der Waals surface area contributed by atoms with Crippen molar-refractivity contribution in [2.75, 3.05) is 13.2 Å². The SMILES string of the molecule is CCCCC1CCC(c2ccc(-c3ccc(OCCC)c(F)c3F)c(F)c2)OC1. The van der Waals surface area contributed by atoms with E-state index < -0.39 is 17.5 Å². The summed E-state index contributed by atoms with van der Waals surface area (Å²) in [7, 11) is 0. The van der Waals surface area contributed by atoms with Crippen molar-refractivity contribution < 1.29 is 22.6 Å². The molecule has 0 amide bonds. The molecule has 3 rings (SSSR count). The van der Waals surface area contributed by atoms with Gasteiger partial charge in [-0.3, -0.25) is 0 Å². The van der Waals surface area contributed by atoms with E-state index in [2.05, 4.69) is 6.92 Å². The molecule has 0 radical (unpaired) electrons. The van der Waals surface area contributed by atoms with Gasteiger partial charge in [0.2, 0.25) is 5.82 Å². The van der Waals surface area contributed by atoms with E-state index in [4.69, 9.17) is 9.47 Å². The van der Waals surface area contributed by atoms with E-state index in [0.717, 1.165) is 18.4 Å². The third kappa shape index (κ3) is 5.13. The van der Waals surface area contributed by atoms with Crippen molar-refractivity contribution in [2.24, 2.45) is 5.92 Å². The molecule has 0 spiro atoms. The summed E-state index contributed by atoms with van der Waals surface area (Å²) in [5.74, 6) is -2.36. The van der Waals surface area contributed by atoms with E-state index in [0.29, 0.717) is 25.6 Å². The molecule has 2 nitrogen and oxygen atoms in total. The average molecular weight is 406 g/mol. The molecule has 1 aliphatic rings. The van der Waals surface area contributed by atoms with Crippen molar-refractivity contribution in [3.05, 3.63) is 53.3 Å². The van der Waals surface area contributed by atoms with Gasteiger partial charge in [-0.25, -0.2) is 8.78 Å². The van der Waals surface area contributed by atoms with E-state index in [1.165, 1.54) is 43.5 Å². The second-order valence-corrected chi connectivity index (χ2v) is 7.73. The zero-order chi connectivity index (χ0) is 20.8. The van der Waals surface area contributed by atoms with Crippen molar-refractivity contribution in [1.29, 1.82) is 0 Å². The van der Waals surface area contributed by atoms with Crippen LogP contribution in [0, 0.1) is 23.4 Å². The Bertz CT molecular complexity index is 814. The van der Waals surface area contributed by atoms with Gasteiger partial charge in [-0.15, -0.1) is 0 Å². The Balaban J connectivity index is 1.74. The first-order valence-electron chi connectivity index (χ1n) is 10.6. The summed E-state index contributed by atoms with van der Waals surface area (Å²) in [6, 6.07) is 7.33. The van der Waals surface area contributed by atoms with Crippen LogP contribution in [0.5, 0.6) is 5.75 Å². The van der Waals surface area contributed by atoms with Gasteiger partial charge in [-0.05, 0) is 55.4 Å². The number of hydrogen-bond acceptors (Lipinski definition) is 2. The largest absolute Gasteiger partial charge is 0.490 e. The highest BCUT2D eigenvalue weighted by Gasteiger charge is 2.24. The fourth-order valence-corrected chi connectivity index (χ4v) is 3.80. The Hall–Kier alpha value is -2.01. The lowest BCUT2D eigenvalue weighted by atomic mass is 9.90. The van der Waals surface area contributed by atoms with Crippen molar-refractivity contribution in [2.45, 2.75) is 58.5 Å². The maximum Gasteiger partial charge on any atom is 0.201 e. The Morgan fingerprint density at radius 3 is 2.41 bits per heavy atom. The molecule has 0 saturated carbocycles. The van der Waals surface area contributed by atoms with Crippen LogP contribution in [-0.4, -0.2) is 13.2 Å². The average Bonchev–Trinajstić information content (AvgIpc) is 2.74. The highest BCUT2D eigenvalue weighted by Crippen LogP contribution is 2.36. The number of halogens is 3. The van der Waals surface area contributed by atoms with E-state index in [-0.39, 0.29) is 23.0 Å². The smallest absolute Gasteiger partial charge is 0.201 e. The van der Waals surface area contributed by atoms with Gasteiger partial charge in [0.25, 0.3) is 0 Å². The minimum absolute atomic E-state index is 0.0313. The molecule has 1 aliphatic heterocycles. The Morgan fingerprint density at radius 2 is 1.76 bits per heavy atom. The maximum absolute atomic E-state index is 14.8. The summed E-state index contributed by atoms with van der Waals surface area (Å²) in [4.78, 5) is 0. The molecule has 2 atom stereocenters. The monoisotopic (exact) mass is 406 g/mol. The highest BCUT2D eigenvalue weighted by molar-refractivity contribution is 5.66. The third-order valence-corrected chi connectivity index (χ3v) is 5.50. The van der Waals surface area contributed by atoms with Gasteiger partial charge in [0.15, 0.2) is 11.6 Å². The normalized spacial score (nSPS) is 19.3. The first-order chi connectivity index (χ1) is 14.0. The first-order valence-corrected chi connectivity index (χ1v) is 10.6. The Labute approximate surface area is 171 Å². The van der Waals surface area contributed by atoms with E-state index in [1.54, 1.807) is 6.07 Å². The molecular weight excluding hydrogens is 377 g/mol. The maximum atomic E-state index is 14.8. The molecule has 158 valence electrons. The molecule has 0 aliphatic carbocycles. The summed E-state index contributed by atoms with van der Waals surface area (Å²) in [5.41, 5.74) is 0.660. The summed E-state index contributed by atoms with van der Waals surface area (Å²) < 4.78 is 54.7. The summed E-state index contributed by atoms with van der Waals surface area (Å²) in [5, 5.41) is 0. The fourth-order valence-electron chi connectivity index (χ4n) is 3.80. The van der Waals surface area contributed by atoms with Crippen LogP contribution in [0.1, 0.15) is 64.0 Å². The van der Waals surface area contributed by atoms with Crippen molar-refractivity contribution >= 4 is 0 Å². The lowest BCUT2D eigenvalue weighted by Gasteiger charge is -2.29. The van der Waals surface area contributed by atoms with E-state index >= 15 is 0 Å². The standard InChI is InChI=1S/C24H29F3O2/c1-3-5-6-16-7-11-21(29-15-16)17-8-9-18(20(25)14-17)19-10-12-22(28-13-4-2)24(27)23(19)26/h8-10,12,14,16,21H,3-7,11,13,15H2,1-2H3. The van der Waals surface area contributed by atoms with Crippen LogP contribution in [0.15, 0.2) is 30.3 Å². The van der Waals surface area contributed by atoms with Crippen LogP contribution in [0.25, 0.3) is 11.1 Å². The quantitative estimate of drug-likeness (QED) is 0.461. The third-order valence-electron chi connectivity index (χ3n) is 5.50. The van der Waals surface area contributed by atoms with Gasteiger partial charge in [-0.2, -0.15) is 4.39 Å². The molecule has 0 bridgehead atoms. The molecular formula is C24H29F3O2. The zero-order valence-electron chi connectivity index (χ0n) is 17.1. The number of ether oxygens (including phenoxy) is 2. The highest BCUT2D eigenvalue weighted by atomic mass is 19.2. The summed E-state index contributed by atoms with van der Waals surface area (Å²) in [6.45, 7) is 5.03. The predicted octanol–water partition coefficient (Wildman–Crippen LogP) is 7.22. The van der Waals surface area contributed by atoms with Crippen LogP contribution < -0.4 is 4.74 Å². The molecule has 29 heavy (non-hydrogen) atoms. The minimum atomic E-state index is -1.10. The fraction of sp³-hybridized carbons (Fsp3) is 0.500. The lowest BCUT2D eigenvalue weighted by Crippen LogP contribution is -2.20. The molecule has 2 aromatic rings. The summed E-state index contributed by atoms with van der Waals surface area (Å²) in [6.07, 6.45) is 5.98. The van der Waals surface area contributed by atoms with Crippen LogP contribution in [0.2, 0.25) is 0 Å². The van der Waals surface area contributed by atoms with Gasteiger partial charge >= 0.3 is 0 Å². The van der Waals surface area contributed by atoms with Crippen molar-refractivity contribution in [3.63, 3.8) is 0 Å². The van der Waals surface area contributed by atoms with Crippen LogP contribution >= 0.6 is 0 Å². The molecule has 2 aromatic carbocycles.